The first-order valence-electron chi connectivity index (χ1n) is 14.4. The Labute approximate surface area is 253 Å². The van der Waals surface area contributed by atoms with Crippen LogP contribution in [0.25, 0.3) is 22.2 Å². The second-order valence-electron chi connectivity index (χ2n) is 10.8. The first-order valence-corrected chi connectivity index (χ1v) is 14.4. The van der Waals surface area contributed by atoms with Gasteiger partial charge in [0, 0.05) is 74.0 Å². The summed E-state index contributed by atoms with van der Waals surface area (Å²) in [5, 5.41) is 23.6. The average Bonchev–Trinajstić information content (AvgIpc) is 3.72. The third-order valence-electron chi connectivity index (χ3n) is 7.48. The van der Waals surface area contributed by atoms with E-state index in [0.717, 1.165) is 46.4 Å². The van der Waals surface area contributed by atoms with Gasteiger partial charge in [-0.25, -0.2) is 15.0 Å². The number of rotatable bonds is 11. The number of para-hydroxylation sites is 1. The Balaban J connectivity index is 1.10. The van der Waals surface area contributed by atoms with Crippen LogP contribution in [0.5, 0.6) is 5.88 Å². The van der Waals surface area contributed by atoms with Crippen molar-refractivity contribution in [2.75, 3.05) is 48.7 Å². The molecule has 0 saturated carbocycles. The first kappa shape index (κ1) is 29.0. The number of aromatic amines is 1. The largest absolute Gasteiger partial charge is 0.473 e. The number of carbonyl (C=O) groups excluding carboxylic acids is 1. The summed E-state index contributed by atoms with van der Waals surface area (Å²) in [6.45, 7) is 5.88. The smallest absolute Gasteiger partial charge is 0.238 e. The molecule has 0 aliphatic carbocycles. The van der Waals surface area contributed by atoms with Gasteiger partial charge in [0.1, 0.15) is 6.10 Å². The Morgan fingerprint density at radius 1 is 1.18 bits per heavy atom. The molecule has 1 amide bonds. The standard InChI is InChI=1S/C30H35N11O3/c1-18-14-34-30(36-24-13-19(2)40(3)39-24)38-27(18)22-15-33-28-21(22)5-4-6-23(28)35-25(43)17-41-11-8-20(16-41)44-26-7-9-31-29(37-26)32-10-12-42/h4-7,9,13-15,20,33,42H,8,10-12,16-17H2,1-3H3,(H,35,43)(H,31,32,37)(H,34,36,38,39)/t20-/m0/s1. The van der Waals surface area contributed by atoms with Gasteiger partial charge in [-0.3, -0.25) is 14.4 Å². The number of nitrogens with zero attached hydrogens (tertiary/aromatic N) is 7. The number of fused-ring (bicyclic) bond motifs is 1. The number of aliphatic hydroxyl groups is 1. The second-order valence-corrected chi connectivity index (χ2v) is 10.8. The van der Waals surface area contributed by atoms with Crippen molar-refractivity contribution in [2.24, 2.45) is 7.05 Å². The summed E-state index contributed by atoms with van der Waals surface area (Å²) in [7, 11) is 1.89. The van der Waals surface area contributed by atoms with Gasteiger partial charge in [-0.2, -0.15) is 10.1 Å². The van der Waals surface area contributed by atoms with Crippen LogP contribution in [-0.2, 0) is 11.8 Å². The third-order valence-corrected chi connectivity index (χ3v) is 7.48. The monoisotopic (exact) mass is 597 g/mol. The zero-order chi connectivity index (χ0) is 30.6. The fourth-order valence-electron chi connectivity index (χ4n) is 5.23. The lowest BCUT2D eigenvalue weighted by Gasteiger charge is -2.16. The highest BCUT2D eigenvalue weighted by Gasteiger charge is 2.26. The van der Waals surface area contributed by atoms with Crippen LogP contribution in [0.15, 0.2) is 48.9 Å². The number of nitrogens with one attached hydrogen (secondary N) is 4. The summed E-state index contributed by atoms with van der Waals surface area (Å²) in [5.74, 6) is 1.88. The lowest BCUT2D eigenvalue weighted by molar-refractivity contribution is -0.117. The van der Waals surface area contributed by atoms with Gasteiger partial charge in [-0.15, -0.1) is 0 Å². The maximum Gasteiger partial charge on any atom is 0.238 e. The van der Waals surface area contributed by atoms with E-state index in [1.165, 1.54) is 0 Å². The van der Waals surface area contributed by atoms with Crippen molar-refractivity contribution in [3.05, 3.63) is 60.2 Å². The van der Waals surface area contributed by atoms with E-state index < -0.39 is 0 Å². The minimum Gasteiger partial charge on any atom is -0.473 e. The Bertz CT molecular complexity index is 1760. The van der Waals surface area contributed by atoms with Gasteiger partial charge in [-0.1, -0.05) is 12.1 Å². The van der Waals surface area contributed by atoms with Gasteiger partial charge in [0.15, 0.2) is 5.82 Å². The van der Waals surface area contributed by atoms with Crippen LogP contribution in [0.1, 0.15) is 17.7 Å². The summed E-state index contributed by atoms with van der Waals surface area (Å²) in [6, 6.07) is 9.45. The Morgan fingerprint density at radius 2 is 2.07 bits per heavy atom. The highest BCUT2D eigenvalue weighted by atomic mass is 16.5. The molecule has 1 saturated heterocycles. The van der Waals surface area contributed by atoms with E-state index in [2.05, 4.69) is 45.9 Å². The molecule has 1 fully saturated rings. The van der Waals surface area contributed by atoms with E-state index in [1.54, 1.807) is 23.1 Å². The number of aromatic nitrogens is 7. The molecule has 0 bridgehead atoms. The lowest BCUT2D eigenvalue weighted by atomic mass is 10.1. The molecule has 14 heteroatoms. The third kappa shape index (κ3) is 6.45. The van der Waals surface area contributed by atoms with Gasteiger partial charge in [0.2, 0.25) is 23.7 Å². The number of ether oxygens (including phenoxy) is 1. The number of benzene rings is 1. The van der Waals surface area contributed by atoms with E-state index in [9.17, 15) is 4.79 Å². The summed E-state index contributed by atoms with van der Waals surface area (Å²) < 4.78 is 7.82. The maximum atomic E-state index is 13.1. The molecular formula is C30H35N11O3. The number of H-pyrrole nitrogens is 1. The van der Waals surface area contributed by atoms with Gasteiger partial charge < -0.3 is 30.8 Å². The zero-order valence-electron chi connectivity index (χ0n) is 24.8. The van der Waals surface area contributed by atoms with E-state index in [4.69, 9.17) is 14.8 Å². The second kappa shape index (κ2) is 12.7. The Morgan fingerprint density at radius 3 is 2.89 bits per heavy atom. The van der Waals surface area contributed by atoms with Crippen molar-refractivity contribution in [1.82, 2.24) is 39.6 Å². The summed E-state index contributed by atoms with van der Waals surface area (Å²) in [6.07, 6.45) is 6.00. The average molecular weight is 598 g/mol. The van der Waals surface area contributed by atoms with Gasteiger partial charge in [-0.05, 0) is 31.9 Å². The number of hydrogen-bond acceptors (Lipinski definition) is 11. The van der Waals surface area contributed by atoms with Crippen molar-refractivity contribution >= 4 is 40.2 Å². The van der Waals surface area contributed by atoms with Crippen LogP contribution in [0.4, 0.5) is 23.4 Å². The minimum absolute atomic E-state index is 0.0130. The summed E-state index contributed by atoms with van der Waals surface area (Å²) in [5.41, 5.74) is 5.16. The highest BCUT2D eigenvalue weighted by Crippen LogP contribution is 2.33. The number of aliphatic hydroxyl groups excluding tert-OH is 1. The van der Waals surface area contributed by atoms with E-state index in [1.807, 2.05) is 51.4 Å². The lowest BCUT2D eigenvalue weighted by Crippen LogP contribution is -2.33. The minimum atomic E-state index is -0.109. The molecule has 14 nitrogen and oxygen atoms in total. The van der Waals surface area contributed by atoms with E-state index >= 15 is 0 Å². The molecule has 1 aliphatic heterocycles. The molecule has 1 atom stereocenters. The quantitative estimate of drug-likeness (QED) is 0.152. The molecule has 5 N–H and O–H groups in total. The fraction of sp³-hybridized carbons (Fsp3) is 0.333. The fourth-order valence-corrected chi connectivity index (χ4v) is 5.23. The van der Waals surface area contributed by atoms with E-state index in [0.29, 0.717) is 42.4 Å². The molecule has 0 spiro atoms. The molecule has 44 heavy (non-hydrogen) atoms. The molecule has 1 aliphatic rings. The van der Waals surface area contributed by atoms with Crippen LogP contribution in [-0.4, -0.2) is 89.5 Å². The van der Waals surface area contributed by atoms with Crippen molar-refractivity contribution in [3.8, 4) is 17.1 Å². The normalized spacial score (nSPS) is 15.0. The molecule has 1 aromatic carbocycles. The number of likely N-dealkylation sites (tertiary alicyclic amines) is 1. The zero-order valence-corrected chi connectivity index (χ0v) is 24.8. The van der Waals surface area contributed by atoms with Gasteiger partial charge >= 0.3 is 0 Å². The summed E-state index contributed by atoms with van der Waals surface area (Å²) >= 11 is 0. The van der Waals surface area contributed by atoms with Crippen LogP contribution in [0.2, 0.25) is 0 Å². The molecule has 4 aromatic heterocycles. The SMILES string of the molecule is Cc1cnc(Nc2cc(C)n(C)n2)nc1-c1c[nH]c2c(NC(=O)CN3CC[C@H](Oc4ccnc(NCCO)n4)C3)cccc12. The Kier molecular flexibility index (Phi) is 8.34. The molecule has 6 rings (SSSR count). The van der Waals surface area contributed by atoms with Gasteiger partial charge in [0.25, 0.3) is 0 Å². The number of carbonyl (C=O) groups is 1. The van der Waals surface area contributed by atoms with Crippen molar-refractivity contribution < 1.29 is 14.6 Å². The Hall–Kier alpha value is -5.08. The predicted molar refractivity (Wildman–Crippen MR) is 167 cm³/mol. The molecule has 0 radical (unpaired) electrons. The number of anilines is 4. The highest BCUT2D eigenvalue weighted by molar-refractivity contribution is 6.06. The van der Waals surface area contributed by atoms with E-state index in [-0.39, 0.29) is 25.2 Å². The first-order chi connectivity index (χ1) is 21.4. The summed E-state index contributed by atoms with van der Waals surface area (Å²) in [4.78, 5) is 36.2. The predicted octanol–water partition coefficient (Wildman–Crippen LogP) is 3.00. The molecular weight excluding hydrogens is 562 g/mol. The van der Waals surface area contributed by atoms with Gasteiger partial charge in [0.05, 0.1) is 30.0 Å². The van der Waals surface area contributed by atoms with Crippen LogP contribution >= 0.6 is 0 Å². The molecule has 228 valence electrons. The number of amides is 1. The van der Waals surface area contributed by atoms with Crippen LogP contribution < -0.4 is 20.7 Å². The molecule has 5 aromatic rings. The molecule has 0 unspecified atom stereocenters. The van der Waals surface area contributed by atoms with Crippen molar-refractivity contribution in [1.29, 1.82) is 0 Å². The van der Waals surface area contributed by atoms with Crippen LogP contribution in [0.3, 0.4) is 0 Å². The topological polar surface area (TPSA) is 171 Å². The number of hydrogen-bond donors (Lipinski definition) is 5. The number of aryl methyl sites for hydroxylation is 3. The van der Waals surface area contributed by atoms with Crippen molar-refractivity contribution in [3.63, 3.8) is 0 Å². The van der Waals surface area contributed by atoms with Crippen LogP contribution in [0, 0.1) is 13.8 Å². The molecule has 5 heterocycles. The van der Waals surface area contributed by atoms with Crippen molar-refractivity contribution in [2.45, 2.75) is 26.4 Å². The maximum absolute atomic E-state index is 13.1.